The maximum Gasteiger partial charge on any atom is 0.191 e. The van der Waals surface area contributed by atoms with Crippen LogP contribution in [0.15, 0.2) is 71.8 Å². The second-order valence-corrected chi connectivity index (χ2v) is 23.1. The van der Waals surface area contributed by atoms with Crippen molar-refractivity contribution in [3.05, 3.63) is 82.9 Å². The van der Waals surface area contributed by atoms with E-state index in [1.165, 1.54) is 36.8 Å². The van der Waals surface area contributed by atoms with E-state index in [9.17, 15) is 0 Å². The van der Waals surface area contributed by atoms with E-state index in [1.807, 2.05) is 0 Å². The molecule has 0 N–H and O–H groups in total. The lowest BCUT2D eigenvalue weighted by atomic mass is 9.36. The Labute approximate surface area is 289 Å². The average Bonchev–Trinajstić information content (AvgIpc) is 3.01. The van der Waals surface area contributed by atoms with Gasteiger partial charge in [-0.15, -0.1) is 0 Å². The van der Waals surface area contributed by atoms with Gasteiger partial charge in [0.05, 0.1) is 25.9 Å². The van der Waals surface area contributed by atoms with Crippen molar-refractivity contribution in [3.63, 3.8) is 0 Å². The third kappa shape index (κ3) is 6.75. The third-order valence-electron chi connectivity index (χ3n) is 14.5. The molecule has 5 rings (SSSR count). The lowest BCUT2D eigenvalue weighted by Crippen LogP contribution is -2.64. The topological polar surface area (TPSA) is 27.7 Å². The van der Waals surface area contributed by atoms with E-state index in [2.05, 4.69) is 136 Å². The monoisotopic (exact) mass is 658 g/mol. The van der Waals surface area contributed by atoms with Crippen LogP contribution in [0.2, 0.25) is 18.1 Å². The number of hydrogen-bond donors (Lipinski definition) is 0. The predicted octanol–water partition coefficient (Wildman–Crippen LogP) is 11.8. The molecule has 0 heterocycles. The van der Waals surface area contributed by atoms with Crippen LogP contribution in [-0.4, -0.2) is 27.6 Å². The van der Waals surface area contributed by atoms with E-state index >= 15 is 0 Å². The zero-order valence-electron chi connectivity index (χ0n) is 31.8. The lowest BCUT2D eigenvalue weighted by molar-refractivity contribution is -0.217. The first-order valence-electron chi connectivity index (χ1n) is 18.6. The van der Waals surface area contributed by atoms with Crippen LogP contribution in [0.5, 0.6) is 0 Å². The van der Waals surface area contributed by atoms with Gasteiger partial charge in [0, 0.05) is 12.0 Å². The second-order valence-electron chi connectivity index (χ2n) is 18.2. The number of hydrogen-bond acceptors (Lipinski definition) is 3. The van der Waals surface area contributed by atoms with Crippen LogP contribution in [0.1, 0.15) is 112 Å². The van der Waals surface area contributed by atoms with Gasteiger partial charge in [0.15, 0.2) is 8.32 Å². The number of benzene rings is 2. The Balaban J connectivity index is 1.46. The predicted molar refractivity (Wildman–Crippen MR) is 200 cm³/mol. The summed E-state index contributed by atoms with van der Waals surface area (Å²) in [6.07, 6.45) is 7.34. The number of fused-ring (bicyclic) bond motifs is 3. The van der Waals surface area contributed by atoms with Crippen molar-refractivity contribution in [2.75, 3.05) is 13.2 Å². The van der Waals surface area contributed by atoms with Gasteiger partial charge in [-0.2, -0.15) is 0 Å². The summed E-state index contributed by atoms with van der Waals surface area (Å²) < 4.78 is 20.6. The molecule has 260 valence electrons. The zero-order valence-corrected chi connectivity index (χ0v) is 32.8. The Hall–Kier alpha value is -1.72. The molecule has 2 aromatic rings. The summed E-state index contributed by atoms with van der Waals surface area (Å²) in [6, 6.07) is 21.5. The van der Waals surface area contributed by atoms with E-state index in [-0.39, 0.29) is 32.8 Å². The molecule has 2 saturated carbocycles. The zero-order chi connectivity index (χ0) is 34.3. The van der Waals surface area contributed by atoms with Crippen molar-refractivity contribution in [1.29, 1.82) is 0 Å². The van der Waals surface area contributed by atoms with Gasteiger partial charge < -0.3 is 13.9 Å². The van der Waals surface area contributed by atoms with Gasteiger partial charge in [0.1, 0.15) is 0 Å². The first kappa shape index (κ1) is 36.6. The van der Waals surface area contributed by atoms with Crippen LogP contribution in [0, 0.1) is 33.5 Å². The van der Waals surface area contributed by atoms with E-state index in [0.717, 1.165) is 26.1 Å². The molecule has 4 heteroatoms. The molecule has 0 radical (unpaired) electrons. The van der Waals surface area contributed by atoms with Crippen LogP contribution in [0.3, 0.4) is 0 Å². The highest BCUT2D eigenvalue weighted by Gasteiger charge is 2.67. The smallest absolute Gasteiger partial charge is 0.191 e. The maximum absolute atomic E-state index is 6.98. The van der Waals surface area contributed by atoms with Crippen molar-refractivity contribution >= 4 is 8.32 Å². The molecular formula is C43H66O3Si. The molecule has 0 aromatic heterocycles. The molecule has 2 fully saturated rings. The van der Waals surface area contributed by atoms with Crippen LogP contribution in [0.4, 0.5) is 0 Å². The van der Waals surface area contributed by atoms with E-state index < -0.39 is 8.32 Å². The van der Waals surface area contributed by atoms with Gasteiger partial charge in [-0.3, -0.25) is 0 Å². The summed E-state index contributed by atoms with van der Waals surface area (Å²) in [6.45, 7) is 30.1. The van der Waals surface area contributed by atoms with Gasteiger partial charge in [-0.1, -0.05) is 120 Å². The quantitative estimate of drug-likeness (QED) is 0.178. The van der Waals surface area contributed by atoms with Crippen LogP contribution >= 0.6 is 0 Å². The molecule has 3 aliphatic carbocycles. The van der Waals surface area contributed by atoms with Crippen molar-refractivity contribution in [3.8, 4) is 0 Å². The van der Waals surface area contributed by atoms with Crippen LogP contribution < -0.4 is 0 Å². The highest BCUT2D eigenvalue weighted by Crippen LogP contribution is 2.72. The highest BCUT2D eigenvalue weighted by atomic mass is 28.4. The summed E-state index contributed by atoms with van der Waals surface area (Å²) >= 11 is 0. The number of rotatable bonds is 11. The second kappa shape index (κ2) is 13.5. The molecule has 0 spiro atoms. The first-order valence-corrected chi connectivity index (χ1v) is 21.5. The summed E-state index contributed by atoms with van der Waals surface area (Å²) in [5, 5.41) is 0.197. The van der Waals surface area contributed by atoms with E-state index in [1.54, 1.807) is 11.1 Å². The molecule has 47 heavy (non-hydrogen) atoms. The van der Waals surface area contributed by atoms with E-state index in [4.69, 9.17) is 13.9 Å². The van der Waals surface area contributed by atoms with Gasteiger partial charge >= 0.3 is 0 Å². The normalized spacial score (nSPS) is 32.5. The Morgan fingerprint density at radius 1 is 0.787 bits per heavy atom. The van der Waals surface area contributed by atoms with Gasteiger partial charge in [0.2, 0.25) is 0 Å². The standard InChI is InChI=1S/C43H66O3Si/c1-32-28-37-41(8)24-23-38(45-30-35-20-16-13-17-21-35)40(6,7)36(41)22-25-42(37,9)43(33(32)2,26-27-46-47(10,11)39(3,4)5)31-44-29-34-18-14-12-15-19-34/h12-21,36-38H,22-31H2,1-11H3/t36-,37+,38-,41-,42+,43+/m1/s1. The van der Waals surface area contributed by atoms with Crippen molar-refractivity contribution in [2.45, 2.75) is 138 Å². The van der Waals surface area contributed by atoms with Crippen molar-refractivity contribution in [1.82, 2.24) is 0 Å². The molecule has 0 amide bonds. The van der Waals surface area contributed by atoms with Crippen LogP contribution in [0.25, 0.3) is 0 Å². The molecule has 6 atom stereocenters. The minimum absolute atomic E-state index is 0.0596. The maximum atomic E-state index is 6.98. The third-order valence-corrected chi connectivity index (χ3v) is 19.0. The van der Waals surface area contributed by atoms with Crippen molar-refractivity contribution in [2.24, 2.45) is 33.5 Å². The summed E-state index contributed by atoms with van der Waals surface area (Å²) in [7, 11) is -1.89. The van der Waals surface area contributed by atoms with Crippen molar-refractivity contribution < 1.29 is 13.9 Å². The first-order chi connectivity index (χ1) is 22.0. The fourth-order valence-electron chi connectivity index (χ4n) is 10.4. The molecule has 0 unspecified atom stereocenters. The molecule has 3 nitrogen and oxygen atoms in total. The lowest BCUT2D eigenvalue weighted by Gasteiger charge is -2.69. The largest absolute Gasteiger partial charge is 0.417 e. The van der Waals surface area contributed by atoms with Crippen LogP contribution in [-0.2, 0) is 27.1 Å². The highest BCUT2D eigenvalue weighted by molar-refractivity contribution is 6.74. The molecular weight excluding hydrogens is 593 g/mol. The fraction of sp³-hybridized carbons (Fsp3) is 0.674. The SMILES string of the molecule is CC1=C(C)[C@](CCO[Si](C)(C)C(C)(C)C)(COCc2ccccc2)[C@@]2(C)CC[C@@H]3C(C)(C)[C@H](OCc4ccccc4)CC[C@@]3(C)[C@@H]2C1. The Kier molecular flexibility index (Phi) is 10.5. The number of ether oxygens (including phenoxy) is 2. The fourth-order valence-corrected chi connectivity index (χ4v) is 11.4. The Morgan fingerprint density at radius 2 is 1.38 bits per heavy atom. The minimum atomic E-state index is -1.89. The Bertz CT molecular complexity index is 1370. The summed E-state index contributed by atoms with van der Waals surface area (Å²) in [5.41, 5.74) is 6.12. The molecule has 3 aliphatic rings. The Morgan fingerprint density at radius 3 is 1.98 bits per heavy atom. The molecule has 0 bridgehead atoms. The summed E-state index contributed by atoms with van der Waals surface area (Å²) in [4.78, 5) is 0. The summed E-state index contributed by atoms with van der Waals surface area (Å²) in [5.74, 6) is 1.22. The van der Waals surface area contributed by atoms with Gasteiger partial charge in [-0.05, 0) is 110 Å². The number of allylic oxidation sites excluding steroid dienone is 1. The molecule has 0 aliphatic heterocycles. The van der Waals surface area contributed by atoms with Gasteiger partial charge in [-0.25, -0.2) is 0 Å². The minimum Gasteiger partial charge on any atom is -0.417 e. The molecule has 0 saturated heterocycles. The van der Waals surface area contributed by atoms with E-state index in [0.29, 0.717) is 25.0 Å². The molecule has 2 aromatic carbocycles. The van der Waals surface area contributed by atoms with Gasteiger partial charge in [0.25, 0.3) is 0 Å². The average molecular weight is 659 g/mol.